The summed E-state index contributed by atoms with van der Waals surface area (Å²) in [7, 11) is 0. The molecule has 2 aromatic rings. The van der Waals surface area contributed by atoms with E-state index in [2.05, 4.69) is 70.5 Å². The van der Waals surface area contributed by atoms with Gasteiger partial charge in [-0.1, -0.05) is 60.7 Å². The van der Waals surface area contributed by atoms with Crippen molar-refractivity contribution in [2.75, 3.05) is 32.8 Å². The van der Waals surface area contributed by atoms with E-state index in [1.165, 1.54) is 11.1 Å². The van der Waals surface area contributed by atoms with Crippen molar-refractivity contribution in [3.8, 4) is 0 Å². The van der Waals surface area contributed by atoms with Gasteiger partial charge in [-0.2, -0.15) is 0 Å². The van der Waals surface area contributed by atoms with Gasteiger partial charge in [0.1, 0.15) is 0 Å². The van der Waals surface area contributed by atoms with Crippen LogP contribution in [0.15, 0.2) is 65.7 Å². The molecule has 2 heterocycles. The van der Waals surface area contributed by atoms with Crippen LogP contribution in [0.5, 0.6) is 0 Å². The fourth-order valence-corrected chi connectivity index (χ4v) is 3.60. The highest BCUT2D eigenvalue weighted by Gasteiger charge is 2.33. The maximum atomic E-state index is 6.03. The van der Waals surface area contributed by atoms with Gasteiger partial charge in [-0.05, 0) is 24.0 Å². The lowest BCUT2D eigenvalue weighted by Gasteiger charge is -2.42. The molecule has 0 radical (unpaired) electrons. The Kier molecular flexibility index (Phi) is 7.52. The number of aryl methyl sites for hydroxylation is 1. The van der Waals surface area contributed by atoms with E-state index in [1.807, 2.05) is 0 Å². The van der Waals surface area contributed by atoms with Crippen LogP contribution in [0.3, 0.4) is 0 Å². The summed E-state index contributed by atoms with van der Waals surface area (Å²) in [6, 6.07) is 21.3. The molecule has 0 amide bonds. The topological polar surface area (TPSA) is 28.1 Å². The molecule has 2 aromatic carbocycles. The summed E-state index contributed by atoms with van der Waals surface area (Å²) in [5.41, 5.74) is 2.74. The summed E-state index contributed by atoms with van der Waals surface area (Å²) in [5.74, 6) is 1.15. The Morgan fingerprint density at radius 1 is 0.926 bits per heavy atom. The SMILES string of the molecule is I.c1ccc(CCCOC2CN(C3=NCCN3Cc3ccccc3)C2)cc1. The van der Waals surface area contributed by atoms with Crippen molar-refractivity contribution in [2.24, 2.45) is 4.99 Å². The third-order valence-electron chi connectivity index (χ3n) is 5.06. The molecular formula is C22H28IN3O. The number of halogens is 1. The van der Waals surface area contributed by atoms with Crippen molar-refractivity contribution < 1.29 is 4.74 Å². The summed E-state index contributed by atoms with van der Waals surface area (Å²) in [4.78, 5) is 9.47. The number of guanidine groups is 1. The van der Waals surface area contributed by atoms with Gasteiger partial charge in [0.2, 0.25) is 0 Å². The second kappa shape index (κ2) is 10.1. The fraction of sp³-hybridized carbons (Fsp3) is 0.409. The van der Waals surface area contributed by atoms with Gasteiger partial charge in [0, 0.05) is 32.8 Å². The van der Waals surface area contributed by atoms with Gasteiger partial charge in [0.15, 0.2) is 5.96 Å². The molecule has 5 heteroatoms. The zero-order chi connectivity index (χ0) is 17.6. The maximum absolute atomic E-state index is 6.03. The number of nitrogens with zero attached hydrogens (tertiary/aromatic N) is 3. The lowest BCUT2D eigenvalue weighted by Crippen LogP contribution is -2.58. The number of likely N-dealkylation sites (tertiary alicyclic amines) is 1. The van der Waals surface area contributed by atoms with Gasteiger partial charge in [-0.15, -0.1) is 24.0 Å². The molecule has 27 heavy (non-hydrogen) atoms. The van der Waals surface area contributed by atoms with E-state index in [1.54, 1.807) is 0 Å². The van der Waals surface area contributed by atoms with Crippen molar-refractivity contribution in [3.63, 3.8) is 0 Å². The van der Waals surface area contributed by atoms with Crippen LogP contribution in [0, 0.1) is 0 Å². The maximum Gasteiger partial charge on any atom is 0.197 e. The zero-order valence-electron chi connectivity index (χ0n) is 15.7. The minimum Gasteiger partial charge on any atom is -0.375 e. The highest BCUT2D eigenvalue weighted by molar-refractivity contribution is 14.0. The summed E-state index contributed by atoms with van der Waals surface area (Å²) >= 11 is 0. The number of aliphatic imine (C=N–C) groups is 1. The Balaban J connectivity index is 0.00000210. The summed E-state index contributed by atoms with van der Waals surface area (Å²) < 4.78 is 6.03. The first-order valence-electron chi connectivity index (χ1n) is 9.62. The Hall–Kier alpha value is -1.60. The van der Waals surface area contributed by atoms with Crippen molar-refractivity contribution in [3.05, 3.63) is 71.8 Å². The fourth-order valence-electron chi connectivity index (χ4n) is 3.60. The number of ether oxygens (including phenoxy) is 1. The summed E-state index contributed by atoms with van der Waals surface area (Å²) in [6.45, 7) is 5.64. The Bertz CT molecular complexity index is 717. The number of rotatable bonds is 7. The van der Waals surface area contributed by atoms with Gasteiger partial charge >= 0.3 is 0 Å². The van der Waals surface area contributed by atoms with Crippen LogP contribution in [0.1, 0.15) is 17.5 Å². The third-order valence-corrected chi connectivity index (χ3v) is 5.06. The molecule has 2 aliphatic rings. The van der Waals surface area contributed by atoms with Crippen LogP contribution in [-0.4, -0.2) is 54.6 Å². The first-order valence-corrected chi connectivity index (χ1v) is 9.62. The lowest BCUT2D eigenvalue weighted by atomic mass is 10.1. The Morgan fingerprint density at radius 2 is 1.59 bits per heavy atom. The molecule has 1 saturated heterocycles. The van der Waals surface area contributed by atoms with E-state index in [-0.39, 0.29) is 24.0 Å². The summed E-state index contributed by atoms with van der Waals surface area (Å²) in [6.07, 6.45) is 2.53. The summed E-state index contributed by atoms with van der Waals surface area (Å²) in [5, 5.41) is 0. The van der Waals surface area contributed by atoms with Crippen LogP contribution in [0.25, 0.3) is 0 Å². The van der Waals surface area contributed by atoms with E-state index < -0.39 is 0 Å². The smallest absolute Gasteiger partial charge is 0.197 e. The normalized spacial score (nSPS) is 16.7. The van der Waals surface area contributed by atoms with Crippen LogP contribution in [-0.2, 0) is 17.7 Å². The highest BCUT2D eigenvalue weighted by Crippen LogP contribution is 2.19. The minimum absolute atomic E-state index is 0. The molecule has 4 rings (SSSR count). The van der Waals surface area contributed by atoms with Crippen molar-refractivity contribution in [1.29, 1.82) is 0 Å². The molecule has 1 fully saturated rings. The molecule has 0 unspecified atom stereocenters. The molecule has 0 atom stereocenters. The average Bonchev–Trinajstić information content (AvgIpc) is 3.09. The molecule has 4 nitrogen and oxygen atoms in total. The zero-order valence-corrected chi connectivity index (χ0v) is 18.0. The molecule has 0 N–H and O–H groups in total. The van der Waals surface area contributed by atoms with E-state index in [4.69, 9.17) is 9.73 Å². The standard InChI is InChI=1S/C22H27N3O.HI/c1-3-8-19(9-4-1)12-7-15-26-21-17-25(18-21)22-23-13-14-24(22)16-20-10-5-2-6-11-20;/h1-6,8-11,21H,7,12-18H2;1H. The Morgan fingerprint density at radius 3 is 2.30 bits per heavy atom. The first kappa shape index (κ1) is 20.1. The molecule has 144 valence electrons. The Labute approximate surface area is 179 Å². The first-order chi connectivity index (χ1) is 12.9. The second-order valence-electron chi connectivity index (χ2n) is 7.08. The van der Waals surface area contributed by atoms with Crippen LogP contribution < -0.4 is 0 Å². The predicted molar refractivity (Wildman–Crippen MR) is 121 cm³/mol. The average molecular weight is 477 g/mol. The van der Waals surface area contributed by atoms with Gasteiger partial charge in [0.05, 0.1) is 12.6 Å². The van der Waals surface area contributed by atoms with E-state index in [0.29, 0.717) is 6.10 Å². The molecule has 0 saturated carbocycles. The van der Waals surface area contributed by atoms with E-state index in [0.717, 1.165) is 58.1 Å². The highest BCUT2D eigenvalue weighted by atomic mass is 127. The molecule has 0 spiro atoms. The van der Waals surface area contributed by atoms with E-state index in [9.17, 15) is 0 Å². The van der Waals surface area contributed by atoms with Crippen LogP contribution in [0.2, 0.25) is 0 Å². The quantitative estimate of drug-likeness (QED) is 0.449. The third kappa shape index (κ3) is 5.45. The van der Waals surface area contributed by atoms with Gasteiger partial charge in [-0.25, -0.2) is 0 Å². The molecular weight excluding hydrogens is 449 g/mol. The lowest BCUT2D eigenvalue weighted by molar-refractivity contribution is -0.0300. The molecule has 0 bridgehead atoms. The van der Waals surface area contributed by atoms with Crippen molar-refractivity contribution in [1.82, 2.24) is 9.80 Å². The van der Waals surface area contributed by atoms with E-state index >= 15 is 0 Å². The van der Waals surface area contributed by atoms with Gasteiger partial charge in [-0.3, -0.25) is 4.99 Å². The number of benzene rings is 2. The number of hydrogen-bond donors (Lipinski definition) is 0. The minimum atomic E-state index is 0. The van der Waals surface area contributed by atoms with Gasteiger partial charge in [0.25, 0.3) is 0 Å². The number of hydrogen-bond acceptors (Lipinski definition) is 4. The molecule has 0 aromatic heterocycles. The molecule has 2 aliphatic heterocycles. The van der Waals surface area contributed by atoms with Crippen LogP contribution >= 0.6 is 24.0 Å². The largest absolute Gasteiger partial charge is 0.375 e. The van der Waals surface area contributed by atoms with Gasteiger partial charge < -0.3 is 14.5 Å². The van der Waals surface area contributed by atoms with Crippen molar-refractivity contribution in [2.45, 2.75) is 25.5 Å². The molecule has 0 aliphatic carbocycles. The monoisotopic (exact) mass is 477 g/mol. The van der Waals surface area contributed by atoms with Crippen LogP contribution in [0.4, 0.5) is 0 Å². The van der Waals surface area contributed by atoms with Crippen molar-refractivity contribution >= 4 is 29.9 Å². The second-order valence-corrected chi connectivity index (χ2v) is 7.08. The predicted octanol–water partition coefficient (Wildman–Crippen LogP) is 3.81.